The second-order valence-electron chi connectivity index (χ2n) is 6.37. The van der Waals surface area contributed by atoms with Gasteiger partial charge in [0.15, 0.2) is 5.82 Å². The first kappa shape index (κ1) is 15.5. The zero-order chi connectivity index (χ0) is 16.7. The van der Waals surface area contributed by atoms with Crippen LogP contribution >= 0.6 is 11.3 Å². The third-order valence-corrected chi connectivity index (χ3v) is 5.43. The minimum atomic E-state index is 0.434. The number of nitrogens with zero attached hydrogens (tertiary/aromatic N) is 7. The zero-order valence-electron chi connectivity index (χ0n) is 14.1. The molecule has 1 aliphatic rings. The molecule has 0 aromatic carbocycles. The van der Waals surface area contributed by atoms with Gasteiger partial charge in [0, 0.05) is 26.6 Å². The molecule has 3 aromatic heterocycles. The quantitative estimate of drug-likeness (QED) is 0.713. The highest BCUT2D eigenvalue weighted by Crippen LogP contribution is 2.26. The van der Waals surface area contributed by atoms with Gasteiger partial charge in [-0.3, -0.25) is 4.90 Å². The second kappa shape index (κ2) is 6.14. The average Bonchev–Trinajstić information content (AvgIpc) is 3.21. The van der Waals surface area contributed by atoms with Gasteiger partial charge in [0.25, 0.3) is 0 Å². The Labute approximate surface area is 144 Å². The van der Waals surface area contributed by atoms with Crippen molar-refractivity contribution < 1.29 is 4.52 Å². The Hall–Kier alpha value is -2.00. The van der Waals surface area contributed by atoms with Crippen LogP contribution in [0, 0.1) is 13.8 Å². The van der Waals surface area contributed by atoms with Crippen LogP contribution in [0.2, 0.25) is 0 Å². The highest BCUT2D eigenvalue weighted by Gasteiger charge is 2.26. The van der Waals surface area contributed by atoms with Gasteiger partial charge in [-0.1, -0.05) is 16.5 Å². The summed E-state index contributed by atoms with van der Waals surface area (Å²) in [4.78, 5) is 14.4. The number of rotatable bonds is 4. The molecule has 0 bridgehead atoms. The van der Waals surface area contributed by atoms with Crippen LogP contribution < -0.4 is 4.90 Å². The summed E-state index contributed by atoms with van der Waals surface area (Å²) in [6.07, 6.45) is 4.29. The highest BCUT2D eigenvalue weighted by molar-refractivity contribution is 7.20. The number of anilines is 1. The minimum absolute atomic E-state index is 0.434. The van der Waals surface area contributed by atoms with Gasteiger partial charge >= 0.3 is 0 Å². The van der Waals surface area contributed by atoms with E-state index in [0.29, 0.717) is 11.9 Å². The van der Waals surface area contributed by atoms with Crippen molar-refractivity contribution in [1.29, 1.82) is 0 Å². The van der Waals surface area contributed by atoms with Crippen LogP contribution in [0.4, 0.5) is 5.13 Å². The molecule has 0 N–H and O–H groups in total. The summed E-state index contributed by atoms with van der Waals surface area (Å²) in [6, 6.07) is 0.434. The predicted octanol–water partition coefficient (Wildman–Crippen LogP) is 1.89. The molecule has 8 nitrogen and oxygen atoms in total. The van der Waals surface area contributed by atoms with Crippen LogP contribution in [0.25, 0.3) is 4.96 Å². The Kier molecular flexibility index (Phi) is 3.97. The fourth-order valence-electron chi connectivity index (χ4n) is 3.19. The molecule has 1 fully saturated rings. The van der Waals surface area contributed by atoms with E-state index in [9.17, 15) is 0 Å². The fourth-order valence-corrected chi connectivity index (χ4v) is 4.16. The smallest absolute Gasteiger partial charge is 0.223 e. The Morgan fingerprint density at radius 1 is 1.38 bits per heavy atom. The van der Waals surface area contributed by atoms with Gasteiger partial charge in [-0.15, -0.1) is 5.10 Å². The van der Waals surface area contributed by atoms with E-state index < -0.39 is 0 Å². The van der Waals surface area contributed by atoms with E-state index >= 15 is 0 Å². The number of hydrogen-bond acceptors (Lipinski definition) is 8. The number of aryl methyl sites for hydroxylation is 2. The third-order valence-electron chi connectivity index (χ3n) is 4.42. The molecule has 0 spiro atoms. The highest BCUT2D eigenvalue weighted by atomic mass is 32.1. The summed E-state index contributed by atoms with van der Waals surface area (Å²) in [5.41, 5.74) is 1.00. The lowest BCUT2D eigenvalue weighted by Crippen LogP contribution is -2.46. The summed E-state index contributed by atoms with van der Waals surface area (Å²) >= 11 is 1.64. The van der Waals surface area contributed by atoms with E-state index in [0.717, 1.165) is 47.7 Å². The van der Waals surface area contributed by atoms with E-state index in [-0.39, 0.29) is 0 Å². The topological polar surface area (TPSA) is 75.6 Å². The van der Waals surface area contributed by atoms with E-state index in [1.807, 2.05) is 24.6 Å². The molecule has 128 valence electrons. The maximum atomic E-state index is 5.07. The predicted molar refractivity (Wildman–Crippen MR) is 91.3 cm³/mol. The molecule has 1 aliphatic heterocycles. The molecule has 4 heterocycles. The van der Waals surface area contributed by atoms with Crippen molar-refractivity contribution >= 4 is 21.4 Å². The fraction of sp³-hybridized carbons (Fsp3) is 0.600. The number of aromatic nitrogens is 5. The lowest BCUT2D eigenvalue weighted by atomic mass is 10.0. The van der Waals surface area contributed by atoms with Gasteiger partial charge in [0.1, 0.15) is 0 Å². The van der Waals surface area contributed by atoms with Crippen LogP contribution in [0.5, 0.6) is 0 Å². The molecule has 3 aromatic rings. The van der Waals surface area contributed by atoms with Crippen molar-refractivity contribution in [2.24, 2.45) is 0 Å². The number of likely N-dealkylation sites (N-methyl/N-ethyl adjacent to an activating group) is 1. The van der Waals surface area contributed by atoms with Gasteiger partial charge in [0.2, 0.25) is 16.0 Å². The Morgan fingerprint density at radius 3 is 3.00 bits per heavy atom. The average molecular weight is 347 g/mol. The van der Waals surface area contributed by atoms with Crippen LogP contribution in [0.3, 0.4) is 0 Å². The first-order chi connectivity index (χ1) is 11.6. The second-order valence-corrected chi connectivity index (χ2v) is 7.30. The molecule has 0 radical (unpaired) electrons. The summed E-state index contributed by atoms with van der Waals surface area (Å²) < 4.78 is 6.94. The van der Waals surface area contributed by atoms with Crippen molar-refractivity contribution in [3.05, 3.63) is 23.6 Å². The number of fused-ring (bicyclic) bond motifs is 1. The molecule has 0 saturated carbocycles. The van der Waals surface area contributed by atoms with Gasteiger partial charge < -0.3 is 9.42 Å². The monoisotopic (exact) mass is 347 g/mol. The van der Waals surface area contributed by atoms with Gasteiger partial charge in [-0.05, 0) is 26.3 Å². The minimum Gasteiger partial charge on any atom is -0.345 e. The third kappa shape index (κ3) is 3.01. The Bertz CT molecular complexity index is 806. The van der Waals surface area contributed by atoms with E-state index in [4.69, 9.17) is 4.52 Å². The molecule has 0 amide bonds. The van der Waals surface area contributed by atoms with Crippen LogP contribution in [-0.4, -0.2) is 55.8 Å². The van der Waals surface area contributed by atoms with E-state index in [2.05, 4.69) is 37.1 Å². The van der Waals surface area contributed by atoms with Crippen molar-refractivity contribution in [3.8, 4) is 0 Å². The number of imidazole rings is 1. The lowest BCUT2D eigenvalue weighted by molar-refractivity contribution is 0.192. The van der Waals surface area contributed by atoms with Crippen LogP contribution in [-0.2, 0) is 6.54 Å². The van der Waals surface area contributed by atoms with Gasteiger partial charge in [0.05, 0.1) is 18.4 Å². The maximum absolute atomic E-state index is 5.07. The molecule has 9 heteroatoms. The number of piperidine rings is 1. The SMILES string of the molecule is Cc1cn2nc(N(C)[C@@H]3CCCN(Cc4noc(C)n4)C3)sc2n1. The van der Waals surface area contributed by atoms with Crippen LogP contribution in [0.1, 0.15) is 30.3 Å². The standard InChI is InChI=1S/C15H21N7OS/c1-10-7-22-14(16-10)24-15(18-22)20(3)12-5-4-6-21(8-12)9-13-17-11(2)23-19-13/h7,12H,4-6,8-9H2,1-3H3/t12-/m1/s1. The molecule has 1 atom stereocenters. The van der Waals surface area contributed by atoms with Crippen LogP contribution in [0.15, 0.2) is 10.7 Å². The Balaban J connectivity index is 1.45. The van der Waals surface area contributed by atoms with Gasteiger partial charge in [-0.2, -0.15) is 4.98 Å². The van der Waals surface area contributed by atoms with Crippen molar-refractivity contribution in [2.45, 2.75) is 39.3 Å². The summed E-state index contributed by atoms with van der Waals surface area (Å²) in [7, 11) is 2.12. The molecule has 0 aliphatic carbocycles. The molecule has 4 rings (SSSR count). The summed E-state index contributed by atoms with van der Waals surface area (Å²) in [5.74, 6) is 1.39. The largest absolute Gasteiger partial charge is 0.345 e. The van der Waals surface area contributed by atoms with Crippen molar-refractivity contribution in [1.82, 2.24) is 29.6 Å². The first-order valence-electron chi connectivity index (χ1n) is 8.15. The van der Waals surface area contributed by atoms with Crippen molar-refractivity contribution in [2.75, 3.05) is 25.0 Å². The summed E-state index contributed by atoms with van der Waals surface area (Å²) in [6.45, 7) is 6.60. The first-order valence-corrected chi connectivity index (χ1v) is 8.97. The number of likely N-dealkylation sites (tertiary alicyclic amines) is 1. The van der Waals surface area contributed by atoms with Gasteiger partial charge in [-0.25, -0.2) is 9.50 Å². The van der Waals surface area contributed by atoms with E-state index in [1.54, 1.807) is 11.3 Å². The molecular formula is C15H21N7OS. The molecule has 24 heavy (non-hydrogen) atoms. The molecule has 0 unspecified atom stereocenters. The number of hydrogen-bond donors (Lipinski definition) is 0. The van der Waals surface area contributed by atoms with Crippen molar-refractivity contribution in [3.63, 3.8) is 0 Å². The molecular weight excluding hydrogens is 326 g/mol. The Morgan fingerprint density at radius 2 is 2.25 bits per heavy atom. The summed E-state index contributed by atoms with van der Waals surface area (Å²) in [5, 5.41) is 9.68. The molecule has 1 saturated heterocycles. The lowest BCUT2D eigenvalue weighted by Gasteiger charge is -2.36. The maximum Gasteiger partial charge on any atom is 0.223 e. The normalized spacial score (nSPS) is 19.2. The zero-order valence-corrected chi connectivity index (χ0v) is 15.0. The van der Waals surface area contributed by atoms with E-state index in [1.165, 1.54) is 6.42 Å².